The highest BCUT2D eigenvalue weighted by Crippen LogP contribution is 2.42. The molecule has 354 valence electrons. The van der Waals surface area contributed by atoms with Gasteiger partial charge in [-0.1, -0.05) is 17.3 Å². The van der Waals surface area contributed by atoms with E-state index in [1.54, 1.807) is 31.0 Å². The Kier molecular flexibility index (Phi) is 13.4. The van der Waals surface area contributed by atoms with Crippen LogP contribution >= 0.6 is 0 Å². The summed E-state index contributed by atoms with van der Waals surface area (Å²) in [5, 5.41) is 8.91. The number of benzene rings is 3. The van der Waals surface area contributed by atoms with Crippen molar-refractivity contribution in [1.29, 1.82) is 0 Å². The van der Waals surface area contributed by atoms with E-state index in [1.165, 1.54) is 4.48 Å². The quantitative estimate of drug-likeness (QED) is 0.133. The lowest BCUT2D eigenvalue weighted by atomic mass is 9.86. The maximum atomic E-state index is 16.7. The smallest absolute Gasteiger partial charge is 0.495 e. The number of rotatable bonds is 4. The fraction of sp³-hybridized carbons (Fsp3) is 0.420. The highest BCUT2D eigenvalue weighted by molar-refractivity contribution is 6.58. The number of hydrogen-bond donors (Lipinski definition) is 0. The molecule has 1 saturated heterocycles. The number of halogens is 2. The first-order chi connectivity index (χ1) is 32.4. The van der Waals surface area contributed by atoms with E-state index in [0.29, 0.717) is 132 Å². The van der Waals surface area contributed by atoms with Gasteiger partial charge in [0.15, 0.2) is 17.1 Å². The molecule has 0 aliphatic carbocycles. The summed E-state index contributed by atoms with van der Waals surface area (Å²) in [5.74, 6) is 2.15. The third-order valence-corrected chi connectivity index (χ3v) is 13.0. The Morgan fingerprint density at radius 1 is 0.642 bits per heavy atom. The number of anilines is 3. The minimum Gasteiger partial charge on any atom is -0.495 e. The van der Waals surface area contributed by atoms with Crippen molar-refractivity contribution in [2.24, 2.45) is 0 Å². The fourth-order valence-electron chi connectivity index (χ4n) is 9.86. The van der Waals surface area contributed by atoms with Crippen molar-refractivity contribution in [3.05, 3.63) is 118 Å². The van der Waals surface area contributed by atoms with Crippen LogP contribution in [0, 0.1) is 27.7 Å². The lowest BCUT2D eigenvalue weighted by Gasteiger charge is -2.33. The molecule has 0 saturated carbocycles. The van der Waals surface area contributed by atoms with Gasteiger partial charge in [0.05, 0.1) is 88.8 Å². The first-order valence-corrected chi connectivity index (χ1v) is 23.3. The monoisotopic (exact) mass is 918 g/mol. The fourth-order valence-corrected chi connectivity index (χ4v) is 9.86. The Hall–Kier alpha value is -6.17. The maximum Gasteiger partial charge on any atom is 0.737 e. The van der Waals surface area contributed by atoms with Gasteiger partial charge < -0.3 is 60.7 Å². The van der Waals surface area contributed by atoms with Gasteiger partial charge in [0.1, 0.15) is 30.5 Å². The van der Waals surface area contributed by atoms with Gasteiger partial charge in [0, 0.05) is 55.2 Å². The van der Waals surface area contributed by atoms with Gasteiger partial charge in [-0.05, 0) is 106 Å². The van der Waals surface area contributed by atoms with E-state index in [2.05, 4.69) is 75.3 Å². The molecule has 0 spiro atoms. The Morgan fingerprint density at radius 2 is 1.18 bits per heavy atom. The van der Waals surface area contributed by atoms with Crippen LogP contribution in [0.5, 0.6) is 17.2 Å². The molecule has 2 bridgehead atoms. The van der Waals surface area contributed by atoms with Crippen LogP contribution in [0.4, 0.5) is 25.7 Å². The molecule has 0 N–H and O–H groups in total. The second kappa shape index (κ2) is 19.6. The van der Waals surface area contributed by atoms with Gasteiger partial charge in [0.2, 0.25) is 0 Å². The molecule has 0 atom stereocenters. The third kappa shape index (κ3) is 9.28. The summed E-state index contributed by atoms with van der Waals surface area (Å²) in [6.07, 6.45) is 3.48. The molecule has 6 heterocycles. The molecule has 9 rings (SSSR count). The molecule has 2 aromatic heterocycles. The van der Waals surface area contributed by atoms with Crippen molar-refractivity contribution in [2.75, 3.05) is 114 Å². The highest BCUT2D eigenvalue weighted by atomic mass is 19.2. The molecule has 4 aliphatic rings. The maximum absolute atomic E-state index is 16.7. The first kappa shape index (κ1) is 46.0. The molecule has 0 unspecified atom stereocenters. The van der Waals surface area contributed by atoms with E-state index in [9.17, 15) is 0 Å². The van der Waals surface area contributed by atoms with E-state index in [1.807, 2.05) is 45.0 Å². The van der Waals surface area contributed by atoms with Gasteiger partial charge in [0.25, 0.3) is 0 Å². The molecule has 0 amide bonds. The number of nitrogens with zero attached hydrogens (tertiary/aromatic N) is 8. The van der Waals surface area contributed by atoms with Crippen LogP contribution in [0.2, 0.25) is 0 Å². The highest BCUT2D eigenvalue weighted by Gasteiger charge is 2.55. The van der Waals surface area contributed by atoms with Gasteiger partial charge >= 0.3 is 6.97 Å². The Balaban J connectivity index is 1.04. The van der Waals surface area contributed by atoms with Gasteiger partial charge in [-0.3, -0.25) is 0 Å². The van der Waals surface area contributed by atoms with Gasteiger partial charge in [-0.2, -0.15) is 0 Å². The molecule has 3 aromatic carbocycles. The van der Waals surface area contributed by atoms with Crippen LogP contribution in [-0.4, -0.2) is 136 Å². The van der Waals surface area contributed by atoms with Crippen LogP contribution < -0.4 is 28.9 Å². The average molecular weight is 919 g/mol. The average Bonchev–Trinajstić information content (AvgIpc) is 4.02. The lowest BCUT2D eigenvalue weighted by molar-refractivity contribution is -0.362. The zero-order valence-corrected chi connectivity index (χ0v) is 39.7. The van der Waals surface area contributed by atoms with Gasteiger partial charge in [-0.25, -0.2) is 4.68 Å². The number of methoxy groups -OCH3 is 1. The van der Waals surface area contributed by atoms with Crippen molar-refractivity contribution >= 4 is 35.3 Å². The van der Waals surface area contributed by atoms with E-state index in [4.69, 9.17) is 28.4 Å². The van der Waals surface area contributed by atoms with Crippen LogP contribution in [-0.2, 0) is 14.2 Å². The summed E-state index contributed by atoms with van der Waals surface area (Å²) in [6, 6.07) is 20.2. The predicted octanol–water partition coefficient (Wildman–Crippen LogP) is 7.39. The Labute approximate surface area is 391 Å². The van der Waals surface area contributed by atoms with Crippen molar-refractivity contribution in [3.63, 3.8) is 0 Å². The summed E-state index contributed by atoms with van der Waals surface area (Å²) in [7, 11) is 1.64. The third-order valence-electron chi connectivity index (χ3n) is 13.0. The van der Waals surface area contributed by atoms with E-state index in [0.717, 1.165) is 60.9 Å². The topological polar surface area (TPSA) is 104 Å². The molecule has 5 aromatic rings. The Bertz CT molecular complexity index is 2660. The molecular formula is C50H61BF2N8O6. The molecule has 67 heavy (non-hydrogen) atoms. The number of hydrogen-bond acceptors (Lipinski definition) is 11. The minimum absolute atomic E-state index is 0.305. The van der Waals surface area contributed by atoms with E-state index >= 15 is 8.63 Å². The summed E-state index contributed by atoms with van der Waals surface area (Å²) in [4.78, 5) is 6.75. The molecule has 1 fully saturated rings. The van der Waals surface area contributed by atoms with Crippen LogP contribution in [0.25, 0.3) is 11.3 Å². The Morgan fingerprint density at radius 3 is 1.76 bits per heavy atom. The molecule has 14 nitrogen and oxygen atoms in total. The van der Waals surface area contributed by atoms with Crippen LogP contribution in [0.3, 0.4) is 0 Å². The van der Waals surface area contributed by atoms with E-state index in [-0.39, 0.29) is 0 Å². The summed E-state index contributed by atoms with van der Waals surface area (Å²) < 4.78 is 75.1. The van der Waals surface area contributed by atoms with Crippen molar-refractivity contribution in [2.45, 2.75) is 41.5 Å². The minimum atomic E-state index is -4.21. The van der Waals surface area contributed by atoms with Crippen LogP contribution in [0.15, 0.2) is 84.2 Å². The molecule has 0 radical (unpaired) electrons. The summed E-state index contributed by atoms with van der Waals surface area (Å²) in [5.41, 5.74) is 10.2. The van der Waals surface area contributed by atoms with Gasteiger partial charge in [-0.15, -0.1) is 5.10 Å². The predicted molar refractivity (Wildman–Crippen MR) is 258 cm³/mol. The number of aryl methyl sites for hydroxylation is 4. The van der Waals surface area contributed by atoms with Crippen molar-refractivity contribution in [1.82, 2.24) is 19.5 Å². The molecule has 4 aliphatic heterocycles. The van der Waals surface area contributed by atoms with Crippen LogP contribution in [0.1, 0.15) is 47.6 Å². The van der Waals surface area contributed by atoms with E-state index < -0.39 is 6.97 Å². The lowest BCUT2D eigenvalue weighted by Crippen LogP contribution is -2.51. The van der Waals surface area contributed by atoms with Crippen molar-refractivity contribution < 1.29 is 41.5 Å². The first-order valence-electron chi connectivity index (χ1n) is 23.3. The van der Waals surface area contributed by atoms with Crippen molar-refractivity contribution in [3.8, 4) is 22.9 Å². The molecule has 17 heteroatoms. The SMILES string of the molecule is COc1cc(-n2cc(C3=[N+]4C(=C(C)c5c(C)cc(C)n5[B-]4(F)F)C(C)=C3)nn2)ccc1N1CCOc2cc(C)ccc2N2CCOCCOCCN(CCOCC2)c2ccc(C)cc2OCC1. The number of allylic oxidation sites excluding steroid dienone is 3. The normalized spacial score (nSPS) is 18.6. The zero-order valence-electron chi connectivity index (χ0n) is 39.7. The standard InChI is InChI=1S/C50H61BF2N8O6/c1-34-8-11-43-47(28-34)66-24-18-58(19-25-67-48-29-35(2)9-12-44(48)57-15-21-63-20-14-56(43)16-22-64-26-27-65-23-17-57)42-13-10-40(32-46(42)62-7)59-33-41(54-55-59)45-31-37(4)50-39(6)49-36(3)30-38(5)60(49)51(52,53)61(45)50/h8-13,28-33H,14-27H2,1-7H3. The molecular weight excluding hydrogens is 857 g/mol. The second-order valence-corrected chi connectivity index (χ2v) is 17.7. The number of aromatic nitrogens is 4. The zero-order chi connectivity index (χ0) is 46.8. The number of ether oxygens (including phenoxy) is 6. The summed E-state index contributed by atoms with van der Waals surface area (Å²) in [6.45, 7) is 14.8. The largest absolute Gasteiger partial charge is 0.737 e. The summed E-state index contributed by atoms with van der Waals surface area (Å²) >= 11 is 0. The number of fused-ring (bicyclic) bond motifs is 12. The second-order valence-electron chi connectivity index (χ2n) is 17.7.